The van der Waals surface area contributed by atoms with Crippen molar-refractivity contribution in [1.29, 1.82) is 5.26 Å². The summed E-state index contributed by atoms with van der Waals surface area (Å²) in [5.41, 5.74) is 3.98. The first kappa shape index (κ1) is 23.1. The summed E-state index contributed by atoms with van der Waals surface area (Å²) in [6.45, 7) is 7.14. The third kappa shape index (κ3) is 7.99. The number of nitrogens with zero attached hydrogens (tertiary/aromatic N) is 2. The zero-order valence-corrected chi connectivity index (χ0v) is 18.0. The van der Waals surface area contributed by atoms with Gasteiger partial charge in [0.2, 0.25) is 0 Å². The molecule has 1 saturated carbocycles. The molecule has 0 heterocycles. The summed E-state index contributed by atoms with van der Waals surface area (Å²) in [5, 5.41) is 7.32. The molecule has 1 aliphatic carbocycles. The van der Waals surface area contributed by atoms with Crippen LogP contribution >= 0.6 is 0 Å². The van der Waals surface area contributed by atoms with Gasteiger partial charge in [-0.15, -0.1) is 0 Å². The van der Waals surface area contributed by atoms with Crippen molar-refractivity contribution < 1.29 is 4.39 Å². The van der Waals surface area contributed by atoms with Gasteiger partial charge in [0.15, 0.2) is 0 Å². The van der Waals surface area contributed by atoms with E-state index >= 15 is 0 Å². The Balaban J connectivity index is 0.000000941. The van der Waals surface area contributed by atoms with Crippen LogP contribution in [0.15, 0.2) is 54.6 Å². The monoisotopic (exact) mass is 394 g/mol. The number of hydrogen-bond donors (Lipinski definition) is 0. The molecule has 2 aromatic rings. The van der Waals surface area contributed by atoms with E-state index in [1.54, 1.807) is 6.07 Å². The topological polar surface area (TPSA) is 27.0 Å². The highest BCUT2D eigenvalue weighted by molar-refractivity contribution is 5.28. The van der Waals surface area contributed by atoms with E-state index in [2.05, 4.69) is 66.4 Å². The van der Waals surface area contributed by atoms with Crippen molar-refractivity contribution in [2.45, 2.75) is 64.5 Å². The standard InChI is InChI=1S/C24H32FN.C2H3N/c1-2-17-26(19-16-20-7-4-3-5-8-20)18-6-9-21-10-12-22(13-11-21)23-14-15-24(23)25;1-2-3/h3-5,7-8,10-13,23-24H,2,6,9,14-19H2,1H3;1H3. The van der Waals surface area contributed by atoms with Gasteiger partial charge in [-0.05, 0) is 68.3 Å². The zero-order chi connectivity index (χ0) is 20.9. The molecule has 0 radical (unpaired) electrons. The van der Waals surface area contributed by atoms with Crippen LogP contribution in [-0.2, 0) is 12.8 Å². The molecule has 156 valence electrons. The summed E-state index contributed by atoms with van der Waals surface area (Å²) < 4.78 is 13.5. The molecule has 2 unspecified atom stereocenters. The van der Waals surface area contributed by atoms with Crippen LogP contribution in [0.5, 0.6) is 0 Å². The first-order chi connectivity index (χ1) is 14.2. The molecule has 0 amide bonds. The Labute approximate surface area is 176 Å². The van der Waals surface area contributed by atoms with Crippen LogP contribution in [0.25, 0.3) is 0 Å². The number of halogens is 1. The second kappa shape index (κ2) is 13.1. The quantitative estimate of drug-likeness (QED) is 0.471. The van der Waals surface area contributed by atoms with E-state index in [0.29, 0.717) is 0 Å². The van der Waals surface area contributed by atoms with Gasteiger partial charge >= 0.3 is 0 Å². The van der Waals surface area contributed by atoms with Crippen LogP contribution in [0.3, 0.4) is 0 Å². The molecule has 2 aromatic carbocycles. The minimum Gasteiger partial charge on any atom is -0.303 e. The minimum absolute atomic E-state index is 0.155. The second-order valence-electron chi connectivity index (χ2n) is 7.85. The average Bonchev–Trinajstić information content (AvgIpc) is 2.73. The molecule has 0 spiro atoms. The number of alkyl halides is 1. The number of rotatable bonds is 10. The van der Waals surface area contributed by atoms with Crippen molar-refractivity contribution in [3.8, 4) is 6.07 Å². The fourth-order valence-electron chi connectivity index (χ4n) is 3.86. The Morgan fingerprint density at radius 2 is 1.59 bits per heavy atom. The Hall–Kier alpha value is -2.18. The summed E-state index contributed by atoms with van der Waals surface area (Å²) in [7, 11) is 0. The van der Waals surface area contributed by atoms with Crippen molar-refractivity contribution >= 4 is 0 Å². The van der Waals surface area contributed by atoms with Gasteiger partial charge in [0.05, 0.1) is 6.07 Å². The van der Waals surface area contributed by atoms with Crippen LogP contribution in [0.4, 0.5) is 4.39 Å². The van der Waals surface area contributed by atoms with E-state index in [4.69, 9.17) is 5.26 Å². The SMILES string of the molecule is CC#N.CCCN(CCCc1ccc(C2CCC2F)cc1)CCc1ccccc1. The smallest absolute Gasteiger partial charge is 0.107 e. The van der Waals surface area contributed by atoms with Crippen LogP contribution in [-0.4, -0.2) is 30.7 Å². The normalized spacial score (nSPS) is 17.8. The zero-order valence-electron chi connectivity index (χ0n) is 18.0. The predicted molar refractivity (Wildman–Crippen MR) is 120 cm³/mol. The van der Waals surface area contributed by atoms with Gasteiger partial charge in [-0.25, -0.2) is 4.39 Å². The highest BCUT2D eigenvalue weighted by Gasteiger charge is 2.31. The summed E-state index contributed by atoms with van der Waals surface area (Å²) >= 11 is 0. The van der Waals surface area contributed by atoms with Gasteiger partial charge in [0, 0.05) is 19.4 Å². The fraction of sp³-hybridized carbons (Fsp3) is 0.500. The van der Waals surface area contributed by atoms with Gasteiger partial charge in [0.25, 0.3) is 0 Å². The highest BCUT2D eigenvalue weighted by Crippen LogP contribution is 2.39. The van der Waals surface area contributed by atoms with Crippen LogP contribution in [0.2, 0.25) is 0 Å². The largest absolute Gasteiger partial charge is 0.303 e. The van der Waals surface area contributed by atoms with Crippen LogP contribution in [0.1, 0.15) is 62.1 Å². The molecule has 0 N–H and O–H groups in total. The Kier molecular flexibility index (Phi) is 10.5. The number of hydrogen-bond acceptors (Lipinski definition) is 2. The van der Waals surface area contributed by atoms with Crippen molar-refractivity contribution in [1.82, 2.24) is 4.90 Å². The van der Waals surface area contributed by atoms with Crippen molar-refractivity contribution in [2.75, 3.05) is 19.6 Å². The third-order valence-electron chi connectivity index (χ3n) is 5.64. The predicted octanol–water partition coefficient (Wildman–Crippen LogP) is 6.32. The summed E-state index contributed by atoms with van der Waals surface area (Å²) in [6.07, 6.45) is 5.75. The molecular formula is C26H35FN2. The molecule has 3 rings (SSSR count). The van der Waals surface area contributed by atoms with Gasteiger partial charge in [-0.1, -0.05) is 61.5 Å². The fourth-order valence-corrected chi connectivity index (χ4v) is 3.86. The van der Waals surface area contributed by atoms with Crippen LogP contribution < -0.4 is 0 Å². The Bertz CT molecular complexity index is 721. The van der Waals surface area contributed by atoms with Gasteiger partial charge < -0.3 is 4.90 Å². The molecular weight excluding hydrogens is 359 g/mol. The first-order valence-corrected chi connectivity index (χ1v) is 11.0. The summed E-state index contributed by atoms with van der Waals surface area (Å²) in [6, 6.07) is 21.2. The molecule has 2 atom stereocenters. The number of aryl methyl sites for hydroxylation is 1. The lowest BCUT2D eigenvalue weighted by atomic mass is 9.78. The summed E-state index contributed by atoms with van der Waals surface area (Å²) in [5.74, 6) is 0.155. The van der Waals surface area contributed by atoms with Gasteiger partial charge in [0.1, 0.15) is 6.17 Å². The van der Waals surface area contributed by atoms with Gasteiger partial charge in [-0.3, -0.25) is 0 Å². The van der Waals surface area contributed by atoms with Crippen molar-refractivity contribution in [3.05, 3.63) is 71.3 Å². The summed E-state index contributed by atoms with van der Waals surface area (Å²) in [4.78, 5) is 2.59. The molecule has 0 aliphatic heterocycles. The van der Waals surface area contributed by atoms with E-state index in [1.807, 2.05) is 0 Å². The van der Waals surface area contributed by atoms with E-state index < -0.39 is 6.17 Å². The molecule has 1 fully saturated rings. The maximum absolute atomic E-state index is 13.5. The lowest BCUT2D eigenvalue weighted by molar-refractivity contribution is 0.170. The molecule has 0 aromatic heterocycles. The number of nitriles is 1. The van der Waals surface area contributed by atoms with Gasteiger partial charge in [-0.2, -0.15) is 5.26 Å². The average molecular weight is 395 g/mol. The van der Waals surface area contributed by atoms with E-state index in [-0.39, 0.29) is 5.92 Å². The lowest BCUT2D eigenvalue weighted by Gasteiger charge is -2.30. The van der Waals surface area contributed by atoms with Crippen molar-refractivity contribution in [3.63, 3.8) is 0 Å². The van der Waals surface area contributed by atoms with Crippen LogP contribution in [0, 0.1) is 11.3 Å². The lowest BCUT2D eigenvalue weighted by Crippen LogP contribution is -2.28. The molecule has 29 heavy (non-hydrogen) atoms. The first-order valence-electron chi connectivity index (χ1n) is 11.0. The van der Waals surface area contributed by atoms with E-state index in [9.17, 15) is 4.39 Å². The molecule has 0 saturated heterocycles. The number of benzene rings is 2. The molecule has 2 nitrogen and oxygen atoms in total. The Morgan fingerprint density at radius 3 is 2.14 bits per heavy atom. The maximum atomic E-state index is 13.5. The second-order valence-corrected chi connectivity index (χ2v) is 7.85. The van der Waals surface area contributed by atoms with E-state index in [0.717, 1.165) is 38.8 Å². The highest BCUT2D eigenvalue weighted by atomic mass is 19.1. The molecule has 0 bridgehead atoms. The molecule has 1 aliphatic rings. The van der Waals surface area contributed by atoms with E-state index in [1.165, 1.54) is 43.0 Å². The molecule has 3 heteroatoms. The minimum atomic E-state index is -0.618. The maximum Gasteiger partial charge on any atom is 0.107 e. The third-order valence-corrected chi connectivity index (χ3v) is 5.64. The van der Waals surface area contributed by atoms with Crippen molar-refractivity contribution in [2.24, 2.45) is 0 Å². The Morgan fingerprint density at radius 1 is 0.931 bits per heavy atom.